The first-order valence-corrected chi connectivity index (χ1v) is 6.37. The number of aromatic amines is 1. The monoisotopic (exact) mass is 257 g/mol. The molecule has 0 aliphatic rings. The van der Waals surface area contributed by atoms with Gasteiger partial charge in [-0.15, -0.1) is 0 Å². The lowest BCUT2D eigenvalue weighted by atomic mass is 9.99. The van der Waals surface area contributed by atoms with Crippen LogP contribution in [0.1, 0.15) is 45.8 Å². The molecule has 0 saturated heterocycles. The molecule has 1 atom stereocenters. The van der Waals surface area contributed by atoms with Gasteiger partial charge in [-0.2, -0.15) is 0 Å². The number of imidazole rings is 1. The summed E-state index contributed by atoms with van der Waals surface area (Å²) < 4.78 is 0. The molecule has 100 valence electrons. The van der Waals surface area contributed by atoms with Crippen LogP contribution in [0.3, 0.4) is 0 Å². The maximum Gasteiger partial charge on any atom is 0.252 e. The van der Waals surface area contributed by atoms with Crippen LogP contribution in [0.25, 0.3) is 0 Å². The van der Waals surface area contributed by atoms with Crippen LogP contribution < -0.4 is 5.32 Å². The van der Waals surface area contributed by atoms with Crippen molar-refractivity contribution in [2.45, 2.75) is 33.7 Å². The fraction of sp³-hybridized carbons (Fsp3) is 0.333. The second-order valence-corrected chi connectivity index (χ2v) is 4.94. The first-order chi connectivity index (χ1) is 8.99. The maximum atomic E-state index is 12.4. The highest BCUT2D eigenvalue weighted by molar-refractivity contribution is 5.97. The van der Waals surface area contributed by atoms with E-state index >= 15 is 0 Å². The van der Waals surface area contributed by atoms with Gasteiger partial charge in [0.2, 0.25) is 0 Å². The maximum absolute atomic E-state index is 12.4. The smallest absolute Gasteiger partial charge is 0.252 e. The van der Waals surface area contributed by atoms with E-state index in [1.807, 2.05) is 39.8 Å². The minimum atomic E-state index is -0.136. The number of amides is 1. The van der Waals surface area contributed by atoms with Crippen LogP contribution >= 0.6 is 0 Å². The van der Waals surface area contributed by atoms with E-state index in [0.717, 1.165) is 22.5 Å². The number of aromatic nitrogens is 2. The first-order valence-electron chi connectivity index (χ1n) is 6.37. The summed E-state index contributed by atoms with van der Waals surface area (Å²) in [4.78, 5) is 19.5. The number of rotatable bonds is 3. The Morgan fingerprint density at radius 1 is 1.26 bits per heavy atom. The Bertz CT molecular complexity index is 564. The van der Waals surface area contributed by atoms with E-state index in [9.17, 15) is 4.79 Å². The summed E-state index contributed by atoms with van der Waals surface area (Å²) in [6, 6.07) is 3.92. The second-order valence-electron chi connectivity index (χ2n) is 4.94. The molecule has 0 fully saturated rings. The minimum Gasteiger partial charge on any atom is -0.347 e. The van der Waals surface area contributed by atoms with Crippen LogP contribution in [-0.2, 0) is 0 Å². The van der Waals surface area contributed by atoms with Gasteiger partial charge < -0.3 is 10.3 Å². The van der Waals surface area contributed by atoms with Crippen molar-refractivity contribution in [3.05, 3.63) is 52.6 Å². The molecule has 1 heterocycles. The molecule has 0 saturated carbocycles. The molecule has 2 rings (SSSR count). The molecule has 1 aromatic carbocycles. The number of benzene rings is 1. The molecule has 4 heteroatoms. The van der Waals surface area contributed by atoms with Gasteiger partial charge in [-0.25, -0.2) is 4.98 Å². The summed E-state index contributed by atoms with van der Waals surface area (Å²) in [5.74, 6) is 0.703. The van der Waals surface area contributed by atoms with Crippen molar-refractivity contribution in [1.82, 2.24) is 15.3 Å². The molecule has 0 spiro atoms. The molecule has 0 aliphatic carbocycles. The van der Waals surface area contributed by atoms with E-state index in [0.29, 0.717) is 0 Å². The number of H-pyrrole nitrogens is 1. The molecular weight excluding hydrogens is 238 g/mol. The Hall–Kier alpha value is -2.10. The Kier molecular flexibility index (Phi) is 3.69. The van der Waals surface area contributed by atoms with E-state index in [2.05, 4.69) is 15.3 Å². The fourth-order valence-corrected chi connectivity index (χ4v) is 2.39. The van der Waals surface area contributed by atoms with Gasteiger partial charge in [0.1, 0.15) is 5.82 Å². The molecular formula is C15H19N3O. The topological polar surface area (TPSA) is 57.8 Å². The summed E-state index contributed by atoms with van der Waals surface area (Å²) >= 11 is 0. The quantitative estimate of drug-likeness (QED) is 0.888. The average Bonchev–Trinajstić information content (AvgIpc) is 2.80. The van der Waals surface area contributed by atoms with Crippen molar-refractivity contribution in [2.24, 2.45) is 0 Å². The molecule has 0 radical (unpaired) electrons. The SMILES string of the molecule is Cc1cc(C)c(C(=O)NC(C)c2ncc[nH]2)c(C)c1. The van der Waals surface area contributed by atoms with E-state index < -0.39 is 0 Å². The van der Waals surface area contributed by atoms with Crippen molar-refractivity contribution < 1.29 is 4.79 Å². The van der Waals surface area contributed by atoms with E-state index in [-0.39, 0.29) is 11.9 Å². The third kappa shape index (κ3) is 2.84. The lowest BCUT2D eigenvalue weighted by Crippen LogP contribution is -2.28. The fourth-order valence-electron chi connectivity index (χ4n) is 2.39. The van der Waals surface area contributed by atoms with Crippen molar-refractivity contribution in [2.75, 3.05) is 0 Å². The number of nitrogens with one attached hydrogen (secondary N) is 2. The van der Waals surface area contributed by atoms with Crippen molar-refractivity contribution >= 4 is 5.91 Å². The van der Waals surface area contributed by atoms with Crippen molar-refractivity contribution in [3.63, 3.8) is 0 Å². The Balaban J connectivity index is 2.21. The normalized spacial score (nSPS) is 12.2. The van der Waals surface area contributed by atoms with Gasteiger partial charge in [0.15, 0.2) is 0 Å². The summed E-state index contributed by atoms with van der Waals surface area (Å²) in [5, 5.41) is 2.97. The second kappa shape index (κ2) is 5.26. The molecule has 2 N–H and O–H groups in total. The Morgan fingerprint density at radius 3 is 2.42 bits per heavy atom. The number of hydrogen-bond donors (Lipinski definition) is 2. The number of nitrogens with zero attached hydrogens (tertiary/aromatic N) is 1. The first kappa shape index (κ1) is 13.3. The summed E-state index contributed by atoms with van der Waals surface area (Å²) in [7, 11) is 0. The van der Waals surface area contributed by atoms with Crippen LogP contribution in [0.5, 0.6) is 0 Å². The van der Waals surface area contributed by atoms with Gasteiger partial charge in [-0.05, 0) is 38.8 Å². The standard InChI is InChI=1S/C15H19N3O/c1-9-7-10(2)13(11(3)8-9)15(19)18-12(4)14-16-5-6-17-14/h5-8,12H,1-4H3,(H,16,17)(H,18,19). The molecule has 2 aromatic rings. The van der Waals surface area contributed by atoms with Crippen LogP contribution in [0, 0.1) is 20.8 Å². The van der Waals surface area contributed by atoms with Crippen LogP contribution in [0.15, 0.2) is 24.5 Å². The minimum absolute atomic E-state index is 0.0566. The van der Waals surface area contributed by atoms with Gasteiger partial charge in [0, 0.05) is 18.0 Å². The average molecular weight is 257 g/mol. The molecule has 0 aliphatic heterocycles. The van der Waals surface area contributed by atoms with Crippen LogP contribution in [0.2, 0.25) is 0 Å². The predicted molar refractivity (Wildman–Crippen MR) is 75.1 cm³/mol. The Morgan fingerprint density at radius 2 is 1.89 bits per heavy atom. The summed E-state index contributed by atoms with van der Waals surface area (Å²) in [6.45, 7) is 7.88. The van der Waals surface area contributed by atoms with Gasteiger partial charge >= 0.3 is 0 Å². The third-order valence-electron chi connectivity index (χ3n) is 3.18. The highest BCUT2D eigenvalue weighted by Crippen LogP contribution is 2.17. The highest BCUT2D eigenvalue weighted by Gasteiger charge is 2.16. The lowest BCUT2D eigenvalue weighted by Gasteiger charge is -2.15. The van der Waals surface area contributed by atoms with Crippen LogP contribution in [0.4, 0.5) is 0 Å². The summed E-state index contributed by atoms with van der Waals surface area (Å²) in [6.07, 6.45) is 3.43. The van der Waals surface area contributed by atoms with Gasteiger partial charge in [0.05, 0.1) is 6.04 Å². The number of hydrogen-bond acceptors (Lipinski definition) is 2. The van der Waals surface area contributed by atoms with E-state index in [1.54, 1.807) is 12.4 Å². The van der Waals surface area contributed by atoms with Crippen LogP contribution in [-0.4, -0.2) is 15.9 Å². The zero-order valence-corrected chi connectivity index (χ0v) is 11.7. The van der Waals surface area contributed by atoms with Gasteiger partial charge in [0.25, 0.3) is 5.91 Å². The molecule has 19 heavy (non-hydrogen) atoms. The van der Waals surface area contributed by atoms with Gasteiger partial charge in [-0.3, -0.25) is 4.79 Å². The Labute approximate surface area is 113 Å². The number of carbonyl (C=O) groups is 1. The molecule has 1 amide bonds. The zero-order chi connectivity index (χ0) is 14.0. The number of aryl methyl sites for hydroxylation is 3. The largest absolute Gasteiger partial charge is 0.347 e. The van der Waals surface area contributed by atoms with Crippen molar-refractivity contribution in [1.29, 1.82) is 0 Å². The lowest BCUT2D eigenvalue weighted by molar-refractivity contribution is 0.0937. The molecule has 0 bridgehead atoms. The van der Waals surface area contributed by atoms with Gasteiger partial charge in [-0.1, -0.05) is 17.7 Å². The highest BCUT2D eigenvalue weighted by atomic mass is 16.1. The molecule has 1 unspecified atom stereocenters. The summed E-state index contributed by atoms with van der Waals surface area (Å²) in [5.41, 5.74) is 3.93. The molecule has 1 aromatic heterocycles. The van der Waals surface area contributed by atoms with E-state index in [1.165, 1.54) is 5.56 Å². The molecule has 4 nitrogen and oxygen atoms in total. The number of carbonyl (C=O) groups excluding carboxylic acids is 1. The van der Waals surface area contributed by atoms with Crippen molar-refractivity contribution in [3.8, 4) is 0 Å². The predicted octanol–water partition coefficient (Wildman–Crippen LogP) is 2.83. The zero-order valence-electron chi connectivity index (χ0n) is 11.7. The third-order valence-corrected chi connectivity index (χ3v) is 3.18. The van der Waals surface area contributed by atoms with E-state index in [4.69, 9.17) is 0 Å².